The zero-order valence-corrected chi connectivity index (χ0v) is 24.6. The molecule has 0 aromatic rings. The molecule has 0 aromatic heterocycles. The fourth-order valence-electron chi connectivity index (χ4n) is 5.46. The van der Waals surface area contributed by atoms with Gasteiger partial charge in [-0.3, -0.25) is 9.32 Å². The first-order valence-electron chi connectivity index (χ1n) is 14.5. The molecule has 0 radical (unpaired) electrons. The Bertz CT molecular complexity index is 1040. The summed E-state index contributed by atoms with van der Waals surface area (Å²) in [7, 11) is -4.84. The lowest BCUT2D eigenvalue weighted by atomic mass is 9.96. The van der Waals surface area contributed by atoms with Gasteiger partial charge in [0.25, 0.3) is 0 Å². The number of Topliss-reactive ketones (excluding diaryl/α,β-unsaturated/α-hetero) is 1. The Kier molecular flexibility index (Phi) is 13.0. The summed E-state index contributed by atoms with van der Waals surface area (Å²) >= 11 is 0. The Balaban J connectivity index is 1.86. The smallest absolute Gasteiger partial charge is 0.387 e. The number of fused-ring (bicyclic) bond motifs is 2. The van der Waals surface area contributed by atoms with E-state index in [-0.39, 0.29) is 17.7 Å². The van der Waals surface area contributed by atoms with Gasteiger partial charge in [-0.25, -0.2) is 14.5 Å². The molecule has 41 heavy (non-hydrogen) atoms. The van der Waals surface area contributed by atoms with Crippen molar-refractivity contribution in [2.45, 2.75) is 115 Å². The van der Waals surface area contributed by atoms with Crippen LogP contribution in [0.1, 0.15) is 84.0 Å². The molecule has 1 saturated heterocycles. The van der Waals surface area contributed by atoms with Gasteiger partial charge < -0.3 is 41.1 Å². The van der Waals surface area contributed by atoms with E-state index in [1.807, 2.05) is 0 Å². The summed E-state index contributed by atoms with van der Waals surface area (Å²) in [5.41, 5.74) is 13.2. The molecule has 3 aliphatic rings. The number of ether oxygens (including phenoxy) is 1. The minimum Gasteiger partial charge on any atom is -0.387 e. The summed E-state index contributed by atoms with van der Waals surface area (Å²) < 4.78 is 21.5. The van der Waals surface area contributed by atoms with Crippen LogP contribution in [-0.4, -0.2) is 80.3 Å². The number of phosphoric acid groups is 1. The van der Waals surface area contributed by atoms with Gasteiger partial charge in [0, 0.05) is 5.92 Å². The number of phosphoric ester groups is 1. The van der Waals surface area contributed by atoms with Crippen molar-refractivity contribution in [1.82, 2.24) is 4.90 Å². The zero-order valence-electron chi connectivity index (χ0n) is 23.8. The number of ketones is 1. The molecule has 2 heterocycles. The van der Waals surface area contributed by atoms with Gasteiger partial charge in [-0.05, 0) is 58.3 Å². The van der Waals surface area contributed by atoms with Gasteiger partial charge in [-0.2, -0.15) is 0 Å². The fourth-order valence-corrected chi connectivity index (χ4v) is 5.80. The highest BCUT2D eigenvalue weighted by molar-refractivity contribution is 7.46. The van der Waals surface area contributed by atoms with Crippen molar-refractivity contribution in [3.8, 4) is 0 Å². The second kappa shape index (κ2) is 15.9. The molecule has 5 unspecified atom stereocenters. The second-order valence-electron chi connectivity index (χ2n) is 11.1. The topological polar surface area (TPSA) is 214 Å². The molecule has 3 rings (SSSR count). The summed E-state index contributed by atoms with van der Waals surface area (Å²) in [5, 5.41) is 21.5. The molecule has 0 amide bonds. The standard InChI is InChI=1S/C27H46N5O8P/c1-18-10-6-2-4-8-12-19-14-15-20(23(19)33)30-17-32(22(31-27(28)29)13-9-5-3-7-11-18)26-25(35)24(34)21(40-26)16-39-41(36,37)38/h11,15,17,19,21-22,24-26,34-35H,2-10,12-14,16H2,1H3,(H4,28,29,31)(H2,36,37,38)/b18-11+,30-17?/t19-,21?,22?,24?,25?,26?/m0/s1. The Morgan fingerprint density at radius 1 is 1.10 bits per heavy atom. The number of carbonyl (C=O) groups is 1. The Morgan fingerprint density at radius 3 is 2.54 bits per heavy atom. The van der Waals surface area contributed by atoms with Crippen molar-refractivity contribution in [3.63, 3.8) is 0 Å². The Hall–Kier alpha value is -2.12. The molecule has 14 heteroatoms. The molecule has 232 valence electrons. The van der Waals surface area contributed by atoms with E-state index in [0.717, 1.165) is 64.2 Å². The molecule has 6 atom stereocenters. The Morgan fingerprint density at radius 2 is 1.80 bits per heavy atom. The van der Waals surface area contributed by atoms with Gasteiger partial charge in [0.05, 0.1) is 12.9 Å². The predicted octanol–water partition coefficient (Wildman–Crippen LogP) is 2.20. The SMILES string of the molecule is C/C1=C\CCCCCC(N=C(N)N)N(C2OC(COP(=O)(O)O)C(O)C2O)C=NC2=CC[C@H](CCCCCC1)C2=O. The van der Waals surface area contributed by atoms with E-state index in [0.29, 0.717) is 18.5 Å². The van der Waals surface area contributed by atoms with E-state index in [4.69, 9.17) is 26.0 Å². The maximum absolute atomic E-state index is 13.1. The van der Waals surface area contributed by atoms with Crippen LogP contribution in [-0.2, 0) is 18.6 Å². The van der Waals surface area contributed by atoms with E-state index >= 15 is 0 Å². The highest BCUT2D eigenvalue weighted by Gasteiger charge is 2.47. The molecule has 0 saturated carbocycles. The summed E-state index contributed by atoms with van der Waals surface area (Å²) in [6.45, 7) is 1.51. The number of guanidine groups is 1. The minimum atomic E-state index is -4.84. The van der Waals surface area contributed by atoms with Crippen LogP contribution in [0.2, 0.25) is 0 Å². The number of nitrogens with zero attached hydrogens (tertiary/aromatic N) is 3. The largest absolute Gasteiger partial charge is 0.469 e. The van der Waals surface area contributed by atoms with E-state index in [9.17, 15) is 19.6 Å². The number of allylic oxidation sites excluding steroid dienone is 4. The maximum atomic E-state index is 13.1. The van der Waals surface area contributed by atoms with Crippen molar-refractivity contribution >= 4 is 25.9 Å². The van der Waals surface area contributed by atoms with Gasteiger partial charge in [0.15, 0.2) is 18.0 Å². The van der Waals surface area contributed by atoms with E-state index < -0.39 is 45.1 Å². The minimum absolute atomic E-state index is 0.0476. The first-order chi connectivity index (χ1) is 19.5. The zero-order chi connectivity index (χ0) is 30.0. The normalized spacial score (nSPS) is 32.7. The van der Waals surface area contributed by atoms with Crippen LogP contribution in [0.4, 0.5) is 0 Å². The molecular weight excluding hydrogens is 553 g/mol. The summed E-state index contributed by atoms with van der Waals surface area (Å²) in [5.74, 6) is -0.374. The summed E-state index contributed by atoms with van der Waals surface area (Å²) in [6.07, 6.45) is 10.0. The molecule has 8 N–H and O–H groups in total. The van der Waals surface area contributed by atoms with E-state index in [1.165, 1.54) is 16.8 Å². The highest BCUT2D eigenvalue weighted by atomic mass is 31.2. The van der Waals surface area contributed by atoms with Crippen LogP contribution in [0.5, 0.6) is 0 Å². The van der Waals surface area contributed by atoms with Gasteiger partial charge in [0.2, 0.25) is 0 Å². The van der Waals surface area contributed by atoms with Crippen molar-refractivity contribution in [2.75, 3.05) is 6.61 Å². The van der Waals surface area contributed by atoms with Crippen molar-refractivity contribution in [3.05, 3.63) is 23.4 Å². The predicted molar refractivity (Wildman–Crippen MR) is 154 cm³/mol. The van der Waals surface area contributed by atoms with Crippen molar-refractivity contribution < 1.29 is 38.6 Å². The lowest BCUT2D eigenvalue weighted by molar-refractivity contribution is -0.118. The number of hydrogen-bond acceptors (Lipinski definition) is 9. The van der Waals surface area contributed by atoms with E-state index in [2.05, 4.69) is 27.5 Å². The second-order valence-corrected chi connectivity index (χ2v) is 12.3. The van der Waals surface area contributed by atoms with Crippen LogP contribution < -0.4 is 11.5 Å². The molecule has 2 aliphatic heterocycles. The number of nitrogens with two attached hydrogens (primary N) is 2. The van der Waals surface area contributed by atoms with Crippen LogP contribution >= 0.6 is 7.82 Å². The average Bonchev–Trinajstić information content (AvgIpc) is 3.39. The number of aliphatic hydroxyl groups is 2. The monoisotopic (exact) mass is 599 g/mol. The van der Waals surface area contributed by atoms with Gasteiger partial charge in [-0.15, -0.1) is 0 Å². The lowest BCUT2D eigenvalue weighted by Gasteiger charge is -2.33. The van der Waals surface area contributed by atoms with E-state index in [1.54, 1.807) is 6.08 Å². The number of carbonyl (C=O) groups excluding carboxylic acids is 1. The lowest BCUT2D eigenvalue weighted by Crippen LogP contribution is -2.49. The molecule has 13 nitrogen and oxygen atoms in total. The first-order valence-corrected chi connectivity index (χ1v) is 16.0. The molecule has 0 aromatic carbocycles. The third-order valence-corrected chi connectivity index (χ3v) is 8.25. The van der Waals surface area contributed by atoms with Crippen LogP contribution in [0.15, 0.2) is 33.4 Å². The van der Waals surface area contributed by atoms with Crippen LogP contribution in [0, 0.1) is 5.92 Å². The quantitative estimate of drug-likeness (QED) is 0.117. The summed E-state index contributed by atoms with van der Waals surface area (Å²) in [6, 6.07) is 0. The highest BCUT2D eigenvalue weighted by Crippen LogP contribution is 2.38. The number of rotatable bonds is 5. The van der Waals surface area contributed by atoms with Gasteiger partial charge >= 0.3 is 7.82 Å². The molecule has 1 aliphatic carbocycles. The van der Waals surface area contributed by atoms with Crippen LogP contribution in [0.3, 0.4) is 0 Å². The number of hydrogen-bond donors (Lipinski definition) is 6. The summed E-state index contributed by atoms with van der Waals surface area (Å²) in [4.78, 5) is 41.5. The maximum Gasteiger partial charge on any atom is 0.469 e. The van der Waals surface area contributed by atoms with Crippen LogP contribution in [0.25, 0.3) is 0 Å². The number of aliphatic imine (C=N–C) groups is 2. The molecule has 0 spiro atoms. The average molecular weight is 600 g/mol. The molecule has 2 bridgehead atoms. The third kappa shape index (κ3) is 10.6. The van der Waals surface area contributed by atoms with Gasteiger partial charge in [0.1, 0.15) is 30.2 Å². The van der Waals surface area contributed by atoms with Crippen molar-refractivity contribution in [2.24, 2.45) is 27.4 Å². The molecular formula is C27H46N5O8P. The van der Waals surface area contributed by atoms with Crippen molar-refractivity contribution in [1.29, 1.82) is 0 Å². The molecule has 1 fully saturated rings. The number of aliphatic hydroxyl groups excluding tert-OH is 2. The fraction of sp³-hybridized carbons (Fsp3) is 0.741. The van der Waals surface area contributed by atoms with Gasteiger partial charge in [-0.1, -0.05) is 43.4 Å². The third-order valence-electron chi connectivity index (χ3n) is 7.76. The Labute approximate surface area is 241 Å². The first kappa shape index (κ1) is 33.4.